The Morgan fingerprint density at radius 1 is 0.969 bits per heavy atom. The average Bonchev–Trinajstić information content (AvgIpc) is 3.21. The van der Waals surface area contributed by atoms with Gasteiger partial charge in [0.25, 0.3) is 5.91 Å². The minimum absolute atomic E-state index is 0.189. The lowest BCUT2D eigenvalue weighted by atomic mass is 9.95. The number of amides is 1. The first-order chi connectivity index (χ1) is 15.6. The molecule has 0 bridgehead atoms. The van der Waals surface area contributed by atoms with Crippen LogP contribution in [0.3, 0.4) is 0 Å². The maximum Gasteiger partial charge on any atom is 0.276 e. The molecule has 0 radical (unpaired) electrons. The first-order valence-corrected chi connectivity index (χ1v) is 11.3. The van der Waals surface area contributed by atoms with E-state index in [1.165, 1.54) is 12.1 Å². The van der Waals surface area contributed by atoms with E-state index in [-0.39, 0.29) is 11.7 Å². The van der Waals surface area contributed by atoms with E-state index >= 15 is 0 Å². The van der Waals surface area contributed by atoms with Crippen molar-refractivity contribution in [1.29, 1.82) is 0 Å². The van der Waals surface area contributed by atoms with Crippen LogP contribution in [0.25, 0.3) is 5.69 Å². The smallest absolute Gasteiger partial charge is 0.276 e. The highest BCUT2D eigenvalue weighted by atomic mass is 19.1. The predicted molar refractivity (Wildman–Crippen MR) is 124 cm³/mol. The summed E-state index contributed by atoms with van der Waals surface area (Å²) in [7, 11) is 2.13. The van der Waals surface area contributed by atoms with Crippen LogP contribution in [0.15, 0.2) is 48.5 Å². The summed E-state index contributed by atoms with van der Waals surface area (Å²) in [4.78, 5) is 18.0. The van der Waals surface area contributed by atoms with Gasteiger partial charge in [-0.05, 0) is 69.1 Å². The molecule has 1 aliphatic carbocycles. The van der Waals surface area contributed by atoms with Gasteiger partial charge >= 0.3 is 0 Å². The number of halogens is 1. The largest absolute Gasteiger partial charge is 0.367 e. The molecular formula is C25H28FN5O. The minimum Gasteiger partial charge on any atom is -0.367 e. The quantitative estimate of drug-likeness (QED) is 0.678. The summed E-state index contributed by atoms with van der Waals surface area (Å²) in [5.41, 5.74) is 5.16. The van der Waals surface area contributed by atoms with Crippen LogP contribution in [0.4, 0.5) is 15.8 Å². The van der Waals surface area contributed by atoms with Crippen LogP contribution in [-0.4, -0.2) is 53.8 Å². The summed E-state index contributed by atoms with van der Waals surface area (Å²) in [6.45, 7) is 3.85. The first-order valence-electron chi connectivity index (χ1n) is 11.3. The summed E-state index contributed by atoms with van der Waals surface area (Å²) < 4.78 is 15.2. The zero-order valence-corrected chi connectivity index (χ0v) is 18.4. The lowest BCUT2D eigenvalue weighted by Gasteiger charge is -2.35. The number of hydrogen-bond donors (Lipinski definition) is 1. The molecule has 1 saturated heterocycles. The van der Waals surface area contributed by atoms with Crippen LogP contribution in [0.5, 0.6) is 0 Å². The van der Waals surface area contributed by atoms with Crippen molar-refractivity contribution < 1.29 is 9.18 Å². The number of rotatable bonds is 4. The van der Waals surface area contributed by atoms with Gasteiger partial charge in [0.2, 0.25) is 0 Å². The highest BCUT2D eigenvalue weighted by molar-refractivity contribution is 6.05. The summed E-state index contributed by atoms with van der Waals surface area (Å²) in [5.74, 6) is -0.473. The molecule has 0 saturated carbocycles. The van der Waals surface area contributed by atoms with E-state index in [4.69, 9.17) is 5.10 Å². The van der Waals surface area contributed by atoms with Gasteiger partial charge in [-0.15, -0.1) is 0 Å². The van der Waals surface area contributed by atoms with Crippen molar-refractivity contribution in [2.75, 3.05) is 43.4 Å². The number of para-hydroxylation sites is 2. The topological polar surface area (TPSA) is 53.4 Å². The second-order valence-electron chi connectivity index (χ2n) is 8.63. The molecule has 0 unspecified atom stereocenters. The molecule has 1 aromatic heterocycles. The Balaban J connectivity index is 1.45. The molecule has 1 amide bonds. The number of aromatic nitrogens is 2. The van der Waals surface area contributed by atoms with Crippen LogP contribution >= 0.6 is 0 Å². The van der Waals surface area contributed by atoms with Gasteiger partial charge < -0.3 is 15.1 Å². The molecule has 1 aliphatic heterocycles. The number of carbonyl (C=O) groups excluding carboxylic acids is 1. The standard InChI is InChI=1S/C25H28FN5O/c1-29-14-16-30(17-15-29)23-9-5-3-7-21(23)27-25(32)24-20-6-2-4-8-22(20)31(28-24)19-12-10-18(26)11-13-19/h3,5,7,9-13H,2,4,6,8,14-17H2,1H3,(H,27,32). The Morgan fingerprint density at radius 2 is 1.69 bits per heavy atom. The molecule has 2 heterocycles. The van der Waals surface area contributed by atoms with Crippen molar-refractivity contribution in [3.8, 4) is 5.69 Å². The molecule has 2 aliphatic rings. The number of nitrogens with one attached hydrogen (secondary N) is 1. The Kier molecular flexibility index (Phi) is 5.66. The lowest BCUT2D eigenvalue weighted by molar-refractivity contribution is 0.102. The van der Waals surface area contributed by atoms with Crippen molar-refractivity contribution in [1.82, 2.24) is 14.7 Å². The maximum atomic E-state index is 13.4. The number of anilines is 2. The highest BCUT2D eigenvalue weighted by Crippen LogP contribution is 2.30. The second-order valence-corrected chi connectivity index (χ2v) is 8.63. The summed E-state index contributed by atoms with van der Waals surface area (Å²) in [6.07, 6.45) is 3.80. The van der Waals surface area contributed by atoms with Gasteiger partial charge in [0.05, 0.1) is 17.1 Å². The summed E-state index contributed by atoms with van der Waals surface area (Å²) >= 11 is 0. The first kappa shape index (κ1) is 20.7. The van der Waals surface area contributed by atoms with Crippen molar-refractivity contribution in [3.63, 3.8) is 0 Å². The van der Waals surface area contributed by atoms with Crippen molar-refractivity contribution in [2.24, 2.45) is 0 Å². The number of likely N-dealkylation sites (N-methyl/N-ethyl adjacent to an activating group) is 1. The number of fused-ring (bicyclic) bond motifs is 1. The fourth-order valence-electron chi connectivity index (χ4n) is 4.66. The normalized spacial score (nSPS) is 16.6. The number of benzene rings is 2. The zero-order chi connectivity index (χ0) is 22.1. The zero-order valence-electron chi connectivity index (χ0n) is 18.4. The third-order valence-electron chi connectivity index (χ3n) is 6.46. The third kappa shape index (κ3) is 4.00. The molecule has 1 fully saturated rings. The highest BCUT2D eigenvalue weighted by Gasteiger charge is 2.26. The van der Waals surface area contributed by atoms with Gasteiger partial charge in [-0.3, -0.25) is 4.79 Å². The van der Waals surface area contributed by atoms with Crippen molar-refractivity contribution >= 4 is 17.3 Å². The molecular weight excluding hydrogens is 405 g/mol. The molecule has 2 aromatic carbocycles. The van der Waals surface area contributed by atoms with Crippen LogP contribution in [0, 0.1) is 5.82 Å². The van der Waals surface area contributed by atoms with Gasteiger partial charge in [-0.25, -0.2) is 9.07 Å². The SMILES string of the molecule is CN1CCN(c2ccccc2NC(=O)c2nn(-c3ccc(F)cc3)c3c2CCCC3)CC1. The number of piperazine rings is 1. The minimum atomic E-state index is -0.284. The molecule has 0 spiro atoms. The summed E-state index contributed by atoms with van der Waals surface area (Å²) in [5, 5.41) is 7.83. The molecule has 0 atom stereocenters. The van der Waals surface area contributed by atoms with E-state index in [0.717, 1.165) is 80.2 Å². The van der Waals surface area contributed by atoms with E-state index in [2.05, 4.69) is 28.2 Å². The maximum absolute atomic E-state index is 13.4. The summed E-state index contributed by atoms with van der Waals surface area (Å²) in [6, 6.07) is 14.2. The van der Waals surface area contributed by atoms with E-state index in [1.807, 2.05) is 22.9 Å². The van der Waals surface area contributed by atoms with Gasteiger partial charge in [0, 0.05) is 37.4 Å². The molecule has 3 aromatic rings. The van der Waals surface area contributed by atoms with Gasteiger partial charge in [0.15, 0.2) is 5.69 Å². The van der Waals surface area contributed by atoms with Crippen molar-refractivity contribution in [2.45, 2.75) is 25.7 Å². The second kappa shape index (κ2) is 8.74. The van der Waals surface area contributed by atoms with Crippen molar-refractivity contribution in [3.05, 3.63) is 71.3 Å². The fraction of sp³-hybridized carbons (Fsp3) is 0.360. The van der Waals surface area contributed by atoms with Gasteiger partial charge in [0.1, 0.15) is 5.82 Å². The van der Waals surface area contributed by atoms with Gasteiger partial charge in [-0.1, -0.05) is 12.1 Å². The molecule has 1 N–H and O–H groups in total. The Hall–Kier alpha value is -3.19. The fourth-order valence-corrected chi connectivity index (χ4v) is 4.66. The lowest BCUT2D eigenvalue weighted by Crippen LogP contribution is -2.44. The molecule has 7 heteroatoms. The van der Waals surface area contributed by atoms with Crippen LogP contribution in [0.2, 0.25) is 0 Å². The van der Waals surface area contributed by atoms with Crippen LogP contribution < -0.4 is 10.2 Å². The van der Waals surface area contributed by atoms with E-state index < -0.39 is 0 Å². The Bertz CT molecular complexity index is 1120. The molecule has 5 rings (SSSR count). The Labute approximate surface area is 187 Å². The predicted octanol–water partition coefficient (Wildman–Crippen LogP) is 3.89. The average molecular weight is 434 g/mol. The van der Waals surface area contributed by atoms with E-state index in [1.54, 1.807) is 12.1 Å². The third-order valence-corrected chi connectivity index (χ3v) is 6.46. The van der Waals surface area contributed by atoms with E-state index in [9.17, 15) is 9.18 Å². The molecule has 32 heavy (non-hydrogen) atoms. The number of carbonyl (C=O) groups is 1. The van der Waals surface area contributed by atoms with Crippen LogP contribution in [-0.2, 0) is 12.8 Å². The molecule has 6 nitrogen and oxygen atoms in total. The molecule has 166 valence electrons. The number of nitrogens with zero attached hydrogens (tertiary/aromatic N) is 4. The van der Waals surface area contributed by atoms with E-state index in [0.29, 0.717) is 5.69 Å². The monoisotopic (exact) mass is 433 g/mol. The van der Waals surface area contributed by atoms with Gasteiger partial charge in [-0.2, -0.15) is 5.10 Å². The van der Waals surface area contributed by atoms with Crippen LogP contribution in [0.1, 0.15) is 34.6 Å². The number of hydrogen-bond acceptors (Lipinski definition) is 4. The Morgan fingerprint density at radius 3 is 2.47 bits per heavy atom.